The van der Waals surface area contributed by atoms with E-state index in [9.17, 15) is 0 Å². The van der Waals surface area contributed by atoms with Gasteiger partial charge in [0.2, 0.25) is 0 Å². The van der Waals surface area contributed by atoms with Crippen molar-refractivity contribution < 1.29 is 0 Å². The predicted octanol–water partition coefficient (Wildman–Crippen LogP) is 4.89. The van der Waals surface area contributed by atoms with Gasteiger partial charge in [-0.1, -0.05) is 60.7 Å². The van der Waals surface area contributed by atoms with Gasteiger partial charge in [-0.05, 0) is 35.1 Å². The highest BCUT2D eigenvalue weighted by atomic mass is 32.1. The highest BCUT2D eigenvalue weighted by molar-refractivity contribution is 7.10. The fourth-order valence-electron chi connectivity index (χ4n) is 2.85. The Morgan fingerprint density at radius 1 is 0.810 bits per heavy atom. The highest BCUT2D eigenvalue weighted by Gasteiger charge is 2.24. The molecule has 21 heavy (non-hydrogen) atoms. The van der Waals surface area contributed by atoms with Gasteiger partial charge in [-0.25, -0.2) is 0 Å². The summed E-state index contributed by atoms with van der Waals surface area (Å²) in [5.41, 5.74) is 10.4. The SMILES string of the molecule is Cc1sccc1C(N)C(c1ccccc1)c1ccccc1. The van der Waals surface area contributed by atoms with Crippen LogP contribution in [0.15, 0.2) is 72.1 Å². The van der Waals surface area contributed by atoms with E-state index in [0.29, 0.717) is 0 Å². The van der Waals surface area contributed by atoms with Gasteiger partial charge in [0.1, 0.15) is 0 Å². The first kappa shape index (κ1) is 14.1. The minimum Gasteiger partial charge on any atom is -0.323 e. The van der Waals surface area contributed by atoms with Crippen LogP contribution in [0.25, 0.3) is 0 Å². The topological polar surface area (TPSA) is 26.0 Å². The Hall–Kier alpha value is -1.90. The first-order valence-electron chi connectivity index (χ1n) is 7.17. The summed E-state index contributed by atoms with van der Waals surface area (Å²) >= 11 is 1.76. The average Bonchev–Trinajstić information content (AvgIpc) is 2.96. The van der Waals surface area contributed by atoms with Crippen LogP contribution in [0, 0.1) is 6.92 Å². The third-order valence-electron chi connectivity index (χ3n) is 3.93. The lowest BCUT2D eigenvalue weighted by Gasteiger charge is -2.25. The summed E-state index contributed by atoms with van der Waals surface area (Å²) in [4.78, 5) is 1.30. The zero-order valence-corrected chi connectivity index (χ0v) is 12.9. The van der Waals surface area contributed by atoms with Crippen molar-refractivity contribution in [3.8, 4) is 0 Å². The molecule has 0 aliphatic carbocycles. The second kappa shape index (κ2) is 6.25. The lowest BCUT2D eigenvalue weighted by molar-refractivity contribution is 0.629. The summed E-state index contributed by atoms with van der Waals surface area (Å²) in [6, 6.07) is 23.2. The van der Waals surface area contributed by atoms with E-state index >= 15 is 0 Å². The van der Waals surface area contributed by atoms with Gasteiger partial charge in [-0.2, -0.15) is 0 Å². The van der Waals surface area contributed by atoms with Crippen molar-refractivity contribution in [2.45, 2.75) is 18.9 Å². The maximum absolute atomic E-state index is 6.66. The van der Waals surface area contributed by atoms with Gasteiger partial charge >= 0.3 is 0 Å². The molecule has 1 nitrogen and oxygen atoms in total. The molecule has 1 aromatic heterocycles. The minimum absolute atomic E-state index is 0.0268. The summed E-state index contributed by atoms with van der Waals surface area (Å²) in [6.07, 6.45) is 0. The number of benzene rings is 2. The van der Waals surface area contributed by atoms with Crippen molar-refractivity contribution in [1.29, 1.82) is 0 Å². The molecule has 0 saturated carbocycles. The van der Waals surface area contributed by atoms with Gasteiger partial charge in [0.25, 0.3) is 0 Å². The van der Waals surface area contributed by atoms with E-state index in [1.54, 1.807) is 11.3 Å². The highest BCUT2D eigenvalue weighted by Crippen LogP contribution is 2.37. The number of rotatable bonds is 4. The molecule has 0 bridgehead atoms. The third kappa shape index (κ3) is 2.92. The minimum atomic E-state index is -0.0268. The molecule has 2 N–H and O–H groups in total. The molecular weight excluding hydrogens is 274 g/mol. The molecule has 0 amide bonds. The molecule has 0 aliphatic rings. The predicted molar refractivity (Wildman–Crippen MR) is 90.7 cm³/mol. The Bertz CT molecular complexity index is 648. The lowest BCUT2D eigenvalue weighted by Crippen LogP contribution is -2.21. The zero-order chi connectivity index (χ0) is 14.7. The molecular formula is C19H19NS. The van der Waals surface area contributed by atoms with Gasteiger partial charge in [0.05, 0.1) is 0 Å². The first-order chi connectivity index (χ1) is 10.3. The first-order valence-corrected chi connectivity index (χ1v) is 8.05. The average molecular weight is 293 g/mol. The maximum Gasteiger partial charge on any atom is 0.0416 e. The molecule has 0 radical (unpaired) electrons. The quantitative estimate of drug-likeness (QED) is 0.728. The molecule has 0 aliphatic heterocycles. The van der Waals surface area contributed by atoms with Crippen molar-refractivity contribution in [2.24, 2.45) is 5.73 Å². The van der Waals surface area contributed by atoms with E-state index in [0.717, 1.165) is 0 Å². The molecule has 0 fully saturated rings. The van der Waals surface area contributed by atoms with E-state index in [4.69, 9.17) is 5.73 Å². The molecule has 2 heteroatoms. The number of nitrogens with two attached hydrogens (primary N) is 1. The smallest absolute Gasteiger partial charge is 0.0416 e. The van der Waals surface area contributed by atoms with Crippen LogP contribution in [0.5, 0.6) is 0 Å². The van der Waals surface area contributed by atoms with Crippen molar-refractivity contribution >= 4 is 11.3 Å². The van der Waals surface area contributed by atoms with Crippen LogP contribution in [-0.2, 0) is 0 Å². The number of hydrogen-bond donors (Lipinski definition) is 1. The summed E-state index contributed by atoms with van der Waals surface area (Å²) in [6.45, 7) is 2.15. The van der Waals surface area contributed by atoms with Crippen molar-refractivity contribution in [3.05, 3.63) is 93.7 Å². The molecule has 0 spiro atoms. The second-order valence-electron chi connectivity index (χ2n) is 5.26. The van der Waals surface area contributed by atoms with Gasteiger partial charge in [0.15, 0.2) is 0 Å². The Labute approximate surface area is 130 Å². The summed E-state index contributed by atoms with van der Waals surface area (Å²) in [5, 5.41) is 2.12. The molecule has 1 unspecified atom stereocenters. The van der Waals surface area contributed by atoms with Crippen molar-refractivity contribution in [2.75, 3.05) is 0 Å². The van der Waals surface area contributed by atoms with Crippen LogP contribution in [0.4, 0.5) is 0 Å². The molecule has 2 aromatic carbocycles. The Morgan fingerprint density at radius 2 is 1.33 bits per heavy atom. The van der Waals surface area contributed by atoms with Crippen LogP contribution in [0.1, 0.15) is 33.5 Å². The monoisotopic (exact) mass is 293 g/mol. The van der Waals surface area contributed by atoms with Crippen LogP contribution in [-0.4, -0.2) is 0 Å². The normalized spacial score (nSPS) is 12.5. The van der Waals surface area contributed by atoms with E-state index < -0.39 is 0 Å². The van der Waals surface area contributed by atoms with Crippen LogP contribution < -0.4 is 5.73 Å². The maximum atomic E-state index is 6.66. The Morgan fingerprint density at radius 3 is 1.76 bits per heavy atom. The summed E-state index contributed by atoms with van der Waals surface area (Å²) in [7, 11) is 0. The van der Waals surface area contributed by atoms with Crippen molar-refractivity contribution in [3.63, 3.8) is 0 Å². The largest absolute Gasteiger partial charge is 0.323 e. The molecule has 3 aromatic rings. The standard InChI is InChI=1S/C19H19NS/c1-14-17(12-13-21-14)19(20)18(15-8-4-2-5-9-15)16-10-6-3-7-11-16/h2-13,18-19H,20H2,1H3. The van der Waals surface area contributed by atoms with E-state index in [1.165, 1.54) is 21.6 Å². The van der Waals surface area contributed by atoms with Gasteiger partial charge < -0.3 is 5.73 Å². The summed E-state index contributed by atoms with van der Waals surface area (Å²) in [5.74, 6) is 0.181. The van der Waals surface area contributed by atoms with Crippen molar-refractivity contribution in [1.82, 2.24) is 0 Å². The fraction of sp³-hybridized carbons (Fsp3) is 0.158. The van der Waals surface area contributed by atoms with Gasteiger partial charge in [-0.15, -0.1) is 11.3 Å². The molecule has 106 valence electrons. The van der Waals surface area contributed by atoms with Gasteiger partial charge in [0, 0.05) is 16.8 Å². The van der Waals surface area contributed by atoms with E-state index in [2.05, 4.69) is 66.9 Å². The number of thiophene rings is 1. The molecule has 0 saturated heterocycles. The van der Waals surface area contributed by atoms with Crippen LogP contribution >= 0.6 is 11.3 Å². The zero-order valence-electron chi connectivity index (χ0n) is 12.1. The van der Waals surface area contributed by atoms with E-state index in [1.807, 2.05) is 12.1 Å². The van der Waals surface area contributed by atoms with E-state index in [-0.39, 0.29) is 12.0 Å². The lowest BCUT2D eigenvalue weighted by atomic mass is 9.82. The molecule has 1 atom stereocenters. The Kier molecular flexibility index (Phi) is 4.18. The van der Waals surface area contributed by atoms with Crippen LogP contribution in [0.2, 0.25) is 0 Å². The summed E-state index contributed by atoms with van der Waals surface area (Å²) < 4.78 is 0. The third-order valence-corrected chi connectivity index (χ3v) is 4.80. The van der Waals surface area contributed by atoms with Gasteiger partial charge in [-0.3, -0.25) is 0 Å². The molecule has 1 heterocycles. The molecule has 3 rings (SSSR count). The Balaban J connectivity index is 2.07. The fourth-order valence-corrected chi connectivity index (χ4v) is 3.61. The van der Waals surface area contributed by atoms with Crippen LogP contribution in [0.3, 0.4) is 0 Å². The number of aryl methyl sites for hydroxylation is 1. The number of hydrogen-bond acceptors (Lipinski definition) is 2. The second-order valence-corrected chi connectivity index (χ2v) is 6.38.